The van der Waals surface area contributed by atoms with E-state index in [0.717, 1.165) is 11.1 Å². The molecule has 14 heavy (non-hydrogen) atoms. The second kappa shape index (κ2) is 3.33. The van der Waals surface area contributed by atoms with Gasteiger partial charge in [-0.15, -0.1) is 0 Å². The van der Waals surface area contributed by atoms with Crippen LogP contribution in [-0.2, 0) is 0 Å². The third kappa shape index (κ3) is 1.64. The molecule has 70 valence electrons. The number of nitrogen functional groups attached to an aromatic ring is 1. The molecule has 0 amide bonds. The van der Waals surface area contributed by atoms with Crippen LogP contribution in [0.5, 0.6) is 5.75 Å². The van der Waals surface area contributed by atoms with E-state index in [9.17, 15) is 5.11 Å². The van der Waals surface area contributed by atoms with E-state index in [2.05, 4.69) is 9.97 Å². The molecule has 4 heteroatoms. The van der Waals surface area contributed by atoms with E-state index in [1.54, 1.807) is 30.6 Å². The minimum atomic E-state index is 0.222. The zero-order valence-corrected chi connectivity index (χ0v) is 7.38. The minimum absolute atomic E-state index is 0.222. The molecule has 0 fully saturated rings. The van der Waals surface area contributed by atoms with E-state index in [-0.39, 0.29) is 11.7 Å². The first kappa shape index (κ1) is 8.50. The molecule has 2 rings (SSSR count). The van der Waals surface area contributed by atoms with Crippen LogP contribution in [0, 0.1) is 0 Å². The van der Waals surface area contributed by atoms with E-state index >= 15 is 0 Å². The number of aromatic nitrogens is 2. The van der Waals surface area contributed by atoms with Crippen LogP contribution in [-0.4, -0.2) is 15.1 Å². The number of nitrogens with zero attached hydrogens (tertiary/aromatic N) is 2. The number of hydrogen-bond acceptors (Lipinski definition) is 4. The predicted molar refractivity (Wildman–Crippen MR) is 53.5 cm³/mol. The summed E-state index contributed by atoms with van der Waals surface area (Å²) in [6.07, 6.45) is 3.24. The van der Waals surface area contributed by atoms with Crippen LogP contribution in [0.1, 0.15) is 0 Å². The molecule has 0 saturated carbocycles. The third-order valence-electron chi connectivity index (χ3n) is 1.85. The fraction of sp³-hybridized carbons (Fsp3) is 0. The molecule has 1 heterocycles. The molecular weight excluding hydrogens is 178 g/mol. The van der Waals surface area contributed by atoms with Gasteiger partial charge in [0.15, 0.2) is 0 Å². The fourth-order valence-corrected chi connectivity index (χ4v) is 1.17. The summed E-state index contributed by atoms with van der Waals surface area (Å²) < 4.78 is 0. The molecule has 3 N–H and O–H groups in total. The summed E-state index contributed by atoms with van der Waals surface area (Å²) in [5.41, 5.74) is 7.06. The third-order valence-corrected chi connectivity index (χ3v) is 1.85. The molecule has 0 aliphatic rings. The molecule has 1 aromatic carbocycles. The Kier molecular flexibility index (Phi) is 2.02. The largest absolute Gasteiger partial charge is 0.508 e. The van der Waals surface area contributed by atoms with E-state index in [0.29, 0.717) is 0 Å². The number of anilines is 1. The topological polar surface area (TPSA) is 72.0 Å². The second-order valence-corrected chi connectivity index (χ2v) is 2.88. The maximum Gasteiger partial charge on any atom is 0.219 e. The quantitative estimate of drug-likeness (QED) is 0.708. The summed E-state index contributed by atoms with van der Waals surface area (Å²) in [5.74, 6) is 0.466. The van der Waals surface area contributed by atoms with Crippen LogP contribution < -0.4 is 5.73 Å². The van der Waals surface area contributed by atoms with Crippen LogP contribution >= 0.6 is 0 Å². The smallest absolute Gasteiger partial charge is 0.219 e. The summed E-state index contributed by atoms with van der Waals surface area (Å²) in [6.45, 7) is 0. The molecule has 0 atom stereocenters. The second-order valence-electron chi connectivity index (χ2n) is 2.88. The van der Waals surface area contributed by atoms with Crippen molar-refractivity contribution in [2.24, 2.45) is 0 Å². The van der Waals surface area contributed by atoms with Crippen molar-refractivity contribution in [2.45, 2.75) is 0 Å². The van der Waals surface area contributed by atoms with Crippen LogP contribution in [0.4, 0.5) is 5.95 Å². The van der Waals surface area contributed by atoms with Crippen LogP contribution in [0.2, 0.25) is 0 Å². The molecule has 2 aromatic rings. The van der Waals surface area contributed by atoms with Crippen LogP contribution in [0.15, 0.2) is 36.7 Å². The summed E-state index contributed by atoms with van der Waals surface area (Å²) in [7, 11) is 0. The van der Waals surface area contributed by atoms with Crippen molar-refractivity contribution in [3.8, 4) is 16.9 Å². The molecule has 0 radical (unpaired) electrons. The van der Waals surface area contributed by atoms with Crippen LogP contribution in [0.25, 0.3) is 11.1 Å². The summed E-state index contributed by atoms with van der Waals surface area (Å²) in [5, 5.41) is 9.26. The van der Waals surface area contributed by atoms with Crippen molar-refractivity contribution in [3.63, 3.8) is 0 Å². The predicted octanol–water partition coefficient (Wildman–Crippen LogP) is 1.43. The zero-order valence-electron chi connectivity index (χ0n) is 7.38. The first-order valence-electron chi connectivity index (χ1n) is 4.12. The number of benzene rings is 1. The Morgan fingerprint density at radius 1 is 1.07 bits per heavy atom. The highest BCUT2D eigenvalue weighted by molar-refractivity contribution is 5.63. The lowest BCUT2D eigenvalue weighted by Crippen LogP contribution is -1.93. The first-order chi connectivity index (χ1) is 6.75. The van der Waals surface area contributed by atoms with Crippen molar-refractivity contribution in [2.75, 3.05) is 5.73 Å². The maximum atomic E-state index is 9.26. The first-order valence-corrected chi connectivity index (χ1v) is 4.12. The van der Waals surface area contributed by atoms with Crippen molar-refractivity contribution < 1.29 is 5.11 Å². The average Bonchev–Trinajstić information content (AvgIpc) is 2.19. The van der Waals surface area contributed by atoms with Gasteiger partial charge in [-0.3, -0.25) is 0 Å². The standard InChI is InChI=1S/C10H9N3O/c11-10-12-5-8(6-13-10)7-2-1-3-9(14)4-7/h1-6,14H,(H2,11,12,13). The molecule has 4 nitrogen and oxygen atoms in total. The molecule has 0 unspecified atom stereocenters. The minimum Gasteiger partial charge on any atom is -0.508 e. The molecule has 0 bridgehead atoms. The Morgan fingerprint density at radius 3 is 2.43 bits per heavy atom. The van der Waals surface area contributed by atoms with Crippen LogP contribution in [0.3, 0.4) is 0 Å². The highest BCUT2D eigenvalue weighted by Crippen LogP contribution is 2.21. The normalized spacial score (nSPS) is 10.0. The Morgan fingerprint density at radius 2 is 1.79 bits per heavy atom. The Labute approximate surface area is 81.1 Å². The van der Waals surface area contributed by atoms with Gasteiger partial charge in [-0.25, -0.2) is 9.97 Å². The van der Waals surface area contributed by atoms with Gasteiger partial charge in [0.2, 0.25) is 5.95 Å². The highest BCUT2D eigenvalue weighted by atomic mass is 16.3. The van der Waals surface area contributed by atoms with Gasteiger partial charge in [0.1, 0.15) is 5.75 Å². The zero-order chi connectivity index (χ0) is 9.97. The molecule has 0 spiro atoms. The summed E-state index contributed by atoms with van der Waals surface area (Å²) in [4.78, 5) is 7.74. The Bertz CT molecular complexity index is 439. The number of nitrogens with two attached hydrogens (primary N) is 1. The average molecular weight is 187 g/mol. The van der Waals surface area contributed by atoms with Gasteiger partial charge in [0.25, 0.3) is 0 Å². The van der Waals surface area contributed by atoms with E-state index in [1.165, 1.54) is 0 Å². The van der Waals surface area contributed by atoms with Crippen molar-refractivity contribution in [1.82, 2.24) is 9.97 Å². The lowest BCUT2D eigenvalue weighted by atomic mass is 10.1. The molecule has 0 aliphatic heterocycles. The highest BCUT2D eigenvalue weighted by Gasteiger charge is 1.99. The lowest BCUT2D eigenvalue weighted by Gasteiger charge is -2.00. The Hall–Kier alpha value is -2.10. The van der Waals surface area contributed by atoms with Crippen molar-refractivity contribution in [1.29, 1.82) is 0 Å². The number of phenols is 1. The van der Waals surface area contributed by atoms with Gasteiger partial charge in [-0.05, 0) is 17.7 Å². The summed E-state index contributed by atoms with van der Waals surface area (Å²) in [6, 6.07) is 6.90. The van der Waals surface area contributed by atoms with Gasteiger partial charge >= 0.3 is 0 Å². The number of phenolic OH excluding ortho intramolecular Hbond substituents is 1. The van der Waals surface area contributed by atoms with E-state index in [1.807, 2.05) is 6.07 Å². The SMILES string of the molecule is Nc1ncc(-c2cccc(O)c2)cn1. The number of rotatable bonds is 1. The van der Waals surface area contributed by atoms with Crippen molar-refractivity contribution >= 4 is 5.95 Å². The number of hydrogen-bond donors (Lipinski definition) is 2. The molecule has 0 aliphatic carbocycles. The van der Waals surface area contributed by atoms with Gasteiger partial charge < -0.3 is 10.8 Å². The fourth-order valence-electron chi connectivity index (χ4n) is 1.17. The van der Waals surface area contributed by atoms with Gasteiger partial charge in [-0.1, -0.05) is 12.1 Å². The summed E-state index contributed by atoms with van der Waals surface area (Å²) >= 11 is 0. The van der Waals surface area contributed by atoms with Crippen molar-refractivity contribution in [3.05, 3.63) is 36.7 Å². The van der Waals surface area contributed by atoms with Gasteiger partial charge in [-0.2, -0.15) is 0 Å². The number of aromatic hydroxyl groups is 1. The molecular formula is C10H9N3O. The Balaban J connectivity index is 2.44. The lowest BCUT2D eigenvalue weighted by molar-refractivity contribution is 0.475. The molecule has 1 aromatic heterocycles. The van der Waals surface area contributed by atoms with Gasteiger partial charge in [0.05, 0.1) is 0 Å². The molecule has 0 saturated heterocycles. The monoisotopic (exact) mass is 187 g/mol. The van der Waals surface area contributed by atoms with E-state index < -0.39 is 0 Å². The van der Waals surface area contributed by atoms with E-state index in [4.69, 9.17) is 5.73 Å². The van der Waals surface area contributed by atoms with Gasteiger partial charge in [0, 0.05) is 18.0 Å². The maximum absolute atomic E-state index is 9.26.